The Morgan fingerprint density at radius 1 is 1.20 bits per heavy atom. The number of hydrogen-bond donors (Lipinski definition) is 1. The highest BCUT2D eigenvalue weighted by Gasteiger charge is 2.33. The van der Waals surface area contributed by atoms with Crippen LogP contribution in [0.2, 0.25) is 0 Å². The van der Waals surface area contributed by atoms with Crippen molar-refractivity contribution in [2.24, 2.45) is 0 Å². The Hall–Kier alpha value is -2.47. The first-order valence-electron chi connectivity index (χ1n) is 8.12. The van der Waals surface area contributed by atoms with Gasteiger partial charge in [-0.05, 0) is 48.9 Å². The highest BCUT2D eigenvalue weighted by molar-refractivity contribution is 8.00. The van der Waals surface area contributed by atoms with E-state index in [0.29, 0.717) is 18.0 Å². The Bertz CT molecular complexity index is 759. The lowest BCUT2D eigenvalue weighted by atomic mass is 10.1. The molecule has 0 aliphatic carbocycles. The summed E-state index contributed by atoms with van der Waals surface area (Å²) >= 11 is 1.61. The standard InChI is InChI=1S/C19H20N2O3S/c1-3-24-17-10-4-14(5-11-17)19-21(18(23)12-25-19)16-8-6-15(7-9-16)20-13(2)22/h4-11,19H,3,12H2,1-2H3,(H,20,22). The van der Waals surface area contributed by atoms with Gasteiger partial charge in [-0.25, -0.2) is 0 Å². The smallest absolute Gasteiger partial charge is 0.238 e. The molecule has 25 heavy (non-hydrogen) atoms. The van der Waals surface area contributed by atoms with Crippen LogP contribution < -0.4 is 15.0 Å². The van der Waals surface area contributed by atoms with Gasteiger partial charge in [0.15, 0.2) is 0 Å². The molecule has 0 spiro atoms. The first-order valence-corrected chi connectivity index (χ1v) is 9.17. The maximum atomic E-state index is 12.4. The fraction of sp³-hybridized carbons (Fsp3) is 0.263. The summed E-state index contributed by atoms with van der Waals surface area (Å²) < 4.78 is 5.48. The molecule has 2 aromatic rings. The summed E-state index contributed by atoms with van der Waals surface area (Å²) in [6, 6.07) is 15.2. The summed E-state index contributed by atoms with van der Waals surface area (Å²) in [5, 5.41) is 2.67. The van der Waals surface area contributed by atoms with Crippen LogP contribution in [0.1, 0.15) is 24.8 Å². The lowest BCUT2D eigenvalue weighted by Crippen LogP contribution is -2.27. The van der Waals surface area contributed by atoms with Crippen molar-refractivity contribution in [2.45, 2.75) is 19.2 Å². The second-order valence-electron chi connectivity index (χ2n) is 5.66. The van der Waals surface area contributed by atoms with E-state index >= 15 is 0 Å². The van der Waals surface area contributed by atoms with Crippen molar-refractivity contribution in [3.63, 3.8) is 0 Å². The molecular formula is C19H20N2O3S. The molecule has 3 rings (SSSR count). The maximum Gasteiger partial charge on any atom is 0.238 e. The lowest BCUT2D eigenvalue weighted by molar-refractivity contribution is -0.116. The number of carbonyl (C=O) groups excluding carboxylic acids is 2. The predicted molar refractivity (Wildman–Crippen MR) is 101 cm³/mol. The third kappa shape index (κ3) is 3.96. The molecule has 1 aliphatic heterocycles. The molecule has 130 valence electrons. The topological polar surface area (TPSA) is 58.6 Å². The summed E-state index contributed by atoms with van der Waals surface area (Å²) in [6.45, 7) is 4.05. The van der Waals surface area contributed by atoms with Crippen molar-refractivity contribution in [1.82, 2.24) is 0 Å². The van der Waals surface area contributed by atoms with E-state index in [-0.39, 0.29) is 17.2 Å². The SMILES string of the molecule is CCOc1ccc(C2SCC(=O)N2c2ccc(NC(C)=O)cc2)cc1. The van der Waals surface area contributed by atoms with Crippen molar-refractivity contribution in [1.29, 1.82) is 0 Å². The quantitative estimate of drug-likeness (QED) is 0.885. The first-order chi connectivity index (χ1) is 12.1. The van der Waals surface area contributed by atoms with E-state index in [1.165, 1.54) is 6.92 Å². The number of hydrogen-bond acceptors (Lipinski definition) is 4. The maximum absolute atomic E-state index is 12.4. The summed E-state index contributed by atoms with van der Waals surface area (Å²) in [4.78, 5) is 25.3. The minimum atomic E-state index is -0.118. The van der Waals surface area contributed by atoms with Gasteiger partial charge in [0.05, 0.1) is 12.4 Å². The van der Waals surface area contributed by atoms with E-state index in [1.807, 2.05) is 55.5 Å². The first kappa shape index (κ1) is 17.4. The molecule has 0 aromatic heterocycles. The Kier molecular flexibility index (Phi) is 5.28. The van der Waals surface area contributed by atoms with Gasteiger partial charge in [0.2, 0.25) is 11.8 Å². The van der Waals surface area contributed by atoms with E-state index in [9.17, 15) is 9.59 Å². The van der Waals surface area contributed by atoms with Gasteiger partial charge in [-0.2, -0.15) is 0 Å². The Morgan fingerprint density at radius 3 is 2.48 bits per heavy atom. The largest absolute Gasteiger partial charge is 0.494 e. The summed E-state index contributed by atoms with van der Waals surface area (Å²) in [7, 11) is 0. The number of amides is 2. The molecule has 1 heterocycles. The number of nitrogens with zero attached hydrogens (tertiary/aromatic N) is 1. The van der Waals surface area contributed by atoms with Crippen LogP contribution in [0, 0.1) is 0 Å². The summed E-state index contributed by atoms with van der Waals surface area (Å²) in [5.74, 6) is 1.24. The molecule has 1 atom stereocenters. The van der Waals surface area contributed by atoms with Gasteiger partial charge in [-0.15, -0.1) is 11.8 Å². The normalized spacial score (nSPS) is 16.8. The van der Waals surface area contributed by atoms with E-state index in [0.717, 1.165) is 17.0 Å². The Labute approximate surface area is 151 Å². The van der Waals surface area contributed by atoms with Crippen LogP contribution in [0.3, 0.4) is 0 Å². The predicted octanol–water partition coefficient (Wildman–Crippen LogP) is 3.82. The van der Waals surface area contributed by atoms with Crippen LogP contribution in [0.15, 0.2) is 48.5 Å². The molecule has 1 N–H and O–H groups in total. The van der Waals surface area contributed by atoms with Gasteiger partial charge in [0, 0.05) is 18.3 Å². The van der Waals surface area contributed by atoms with Crippen LogP contribution in [0.4, 0.5) is 11.4 Å². The highest BCUT2D eigenvalue weighted by Crippen LogP contribution is 2.42. The fourth-order valence-corrected chi connectivity index (χ4v) is 3.93. The molecule has 0 saturated carbocycles. The molecule has 5 nitrogen and oxygen atoms in total. The molecule has 0 bridgehead atoms. The van der Waals surface area contributed by atoms with Crippen LogP contribution in [0.25, 0.3) is 0 Å². The van der Waals surface area contributed by atoms with Crippen LogP contribution in [-0.2, 0) is 9.59 Å². The van der Waals surface area contributed by atoms with Crippen molar-refractivity contribution >= 4 is 35.0 Å². The molecule has 1 fully saturated rings. The van der Waals surface area contributed by atoms with Crippen molar-refractivity contribution in [3.8, 4) is 5.75 Å². The number of rotatable bonds is 5. The Balaban J connectivity index is 1.83. The van der Waals surface area contributed by atoms with Gasteiger partial charge in [-0.1, -0.05) is 12.1 Å². The fourth-order valence-electron chi connectivity index (χ4n) is 2.75. The molecule has 1 unspecified atom stereocenters. The number of anilines is 2. The molecule has 2 aromatic carbocycles. The van der Waals surface area contributed by atoms with Crippen LogP contribution in [-0.4, -0.2) is 24.2 Å². The van der Waals surface area contributed by atoms with Crippen LogP contribution >= 0.6 is 11.8 Å². The van der Waals surface area contributed by atoms with E-state index < -0.39 is 0 Å². The third-order valence-electron chi connectivity index (χ3n) is 3.81. The monoisotopic (exact) mass is 356 g/mol. The van der Waals surface area contributed by atoms with Gasteiger partial charge >= 0.3 is 0 Å². The zero-order valence-corrected chi connectivity index (χ0v) is 15.0. The van der Waals surface area contributed by atoms with Crippen molar-refractivity contribution in [2.75, 3.05) is 22.6 Å². The second-order valence-corrected chi connectivity index (χ2v) is 6.73. The third-order valence-corrected chi connectivity index (χ3v) is 5.02. The zero-order chi connectivity index (χ0) is 17.8. The van der Waals surface area contributed by atoms with Gasteiger partial charge in [0.1, 0.15) is 11.1 Å². The van der Waals surface area contributed by atoms with E-state index in [4.69, 9.17) is 4.74 Å². The van der Waals surface area contributed by atoms with Gasteiger partial charge < -0.3 is 10.1 Å². The van der Waals surface area contributed by atoms with E-state index in [2.05, 4.69) is 5.32 Å². The molecule has 1 saturated heterocycles. The average molecular weight is 356 g/mol. The second kappa shape index (κ2) is 7.61. The highest BCUT2D eigenvalue weighted by atomic mass is 32.2. The molecule has 1 aliphatic rings. The molecule has 2 amide bonds. The van der Waals surface area contributed by atoms with E-state index in [1.54, 1.807) is 16.7 Å². The summed E-state index contributed by atoms with van der Waals surface area (Å²) in [5.41, 5.74) is 2.60. The van der Waals surface area contributed by atoms with Crippen LogP contribution in [0.5, 0.6) is 5.75 Å². The van der Waals surface area contributed by atoms with Gasteiger partial charge in [-0.3, -0.25) is 14.5 Å². The number of ether oxygens (including phenoxy) is 1. The average Bonchev–Trinajstić information content (AvgIpc) is 2.98. The molecular weight excluding hydrogens is 336 g/mol. The number of nitrogens with one attached hydrogen (secondary N) is 1. The Morgan fingerprint density at radius 2 is 1.88 bits per heavy atom. The number of carbonyl (C=O) groups is 2. The van der Waals surface area contributed by atoms with Crippen molar-refractivity contribution < 1.29 is 14.3 Å². The zero-order valence-electron chi connectivity index (χ0n) is 14.2. The minimum absolute atomic E-state index is 0.0604. The molecule has 0 radical (unpaired) electrons. The molecule has 6 heteroatoms. The lowest BCUT2D eigenvalue weighted by Gasteiger charge is -2.24. The minimum Gasteiger partial charge on any atom is -0.494 e. The summed E-state index contributed by atoms with van der Waals surface area (Å²) in [6.07, 6.45) is 0. The number of benzene rings is 2. The van der Waals surface area contributed by atoms with Gasteiger partial charge in [0.25, 0.3) is 0 Å². The van der Waals surface area contributed by atoms with Crippen molar-refractivity contribution in [3.05, 3.63) is 54.1 Å². The number of thioether (sulfide) groups is 1.